The Morgan fingerprint density at radius 3 is 2.35 bits per heavy atom. The zero-order valence-electron chi connectivity index (χ0n) is 18.5. The molecule has 0 aromatic heterocycles. The molecule has 0 aliphatic carbocycles. The average Bonchev–Trinajstić information content (AvgIpc) is 2.78. The van der Waals surface area contributed by atoms with Gasteiger partial charge in [0.2, 0.25) is 0 Å². The first kappa shape index (κ1) is 23.3. The molecule has 0 amide bonds. The molecule has 0 spiro atoms. The minimum Gasteiger partial charge on any atom is -0.469 e. The van der Waals surface area contributed by atoms with E-state index in [9.17, 15) is 4.79 Å². The first-order chi connectivity index (χ1) is 14.8. The Morgan fingerprint density at radius 1 is 1.10 bits per heavy atom. The van der Waals surface area contributed by atoms with Crippen molar-refractivity contribution >= 4 is 41.2 Å². The first-order valence-corrected chi connectivity index (χ1v) is 14.0. The summed E-state index contributed by atoms with van der Waals surface area (Å²) in [6, 6.07) is 18.1. The Morgan fingerprint density at radius 2 is 1.74 bits per heavy atom. The van der Waals surface area contributed by atoms with Crippen LogP contribution in [0.2, 0.25) is 13.1 Å². The lowest BCUT2D eigenvalue weighted by Crippen LogP contribution is -2.46. The van der Waals surface area contributed by atoms with Crippen LogP contribution in [-0.4, -0.2) is 34.3 Å². The van der Waals surface area contributed by atoms with Crippen LogP contribution in [0, 0.1) is 5.92 Å². The molecule has 5 nitrogen and oxygen atoms in total. The van der Waals surface area contributed by atoms with E-state index in [4.69, 9.17) is 19.2 Å². The molecule has 0 N–H and O–H groups in total. The van der Waals surface area contributed by atoms with Crippen LogP contribution in [-0.2, 0) is 19.0 Å². The van der Waals surface area contributed by atoms with Gasteiger partial charge in [-0.2, -0.15) is 0 Å². The number of methoxy groups -OCH3 is 2. The Balaban J connectivity index is 2.19. The highest BCUT2D eigenvalue weighted by Crippen LogP contribution is 2.41. The maximum Gasteiger partial charge on any atom is 0.389 e. The molecule has 31 heavy (non-hydrogen) atoms. The molecule has 164 valence electrons. The minimum absolute atomic E-state index is 0.0901. The second kappa shape index (κ2) is 9.83. The van der Waals surface area contributed by atoms with Gasteiger partial charge in [-0.15, -0.1) is 0 Å². The molecular weight excluding hydrogens is 474 g/mol. The highest BCUT2D eigenvalue weighted by atomic mass is 79.9. The number of nitrogens with zero attached hydrogens (tertiary/aromatic N) is 1. The van der Waals surface area contributed by atoms with E-state index in [-0.39, 0.29) is 30.4 Å². The van der Waals surface area contributed by atoms with Gasteiger partial charge in [0.15, 0.2) is 0 Å². The highest BCUT2D eigenvalue weighted by molar-refractivity contribution is 9.10. The maximum absolute atomic E-state index is 12.4. The fourth-order valence-corrected chi connectivity index (χ4v) is 7.30. The van der Waals surface area contributed by atoms with E-state index in [0.717, 1.165) is 21.0 Å². The number of ether oxygens (including phenoxy) is 3. The van der Waals surface area contributed by atoms with Gasteiger partial charge in [0.05, 0.1) is 26.7 Å². The quantitative estimate of drug-likeness (QED) is 0.420. The smallest absolute Gasteiger partial charge is 0.389 e. The third-order valence-electron chi connectivity index (χ3n) is 5.82. The number of benzene rings is 2. The summed E-state index contributed by atoms with van der Waals surface area (Å²) >= 11 is 3.65. The zero-order valence-corrected chi connectivity index (χ0v) is 21.1. The van der Waals surface area contributed by atoms with Gasteiger partial charge < -0.3 is 14.2 Å². The molecule has 0 fully saturated rings. The molecule has 3 rings (SSSR count). The number of aliphatic imine (C=N–C) groups is 1. The van der Waals surface area contributed by atoms with Gasteiger partial charge in [0.25, 0.3) is 0 Å². The van der Waals surface area contributed by atoms with Crippen LogP contribution < -0.4 is 5.19 Å². The zero-order chi connectivity index (χ0) is 22.6. The Labute approximate surface area is 193 Å². The van der Waals surface area contributed by atoms with Crippen molar-refractivity contribution in [1.82, 2.24) is 0 Å². The van der Waals surface area contributed by atoms with Crippen molar-refractivity contribution in [3.8, 4) is 0 Å². The molecule has 2 aromatic carbocycles. The maximum atomic E-state index is 12.4. The van der Waals surface area contributed by atoms with Crippen LogP contribution in [0.1, 0.15) is 24.9 Å². The number of hydrogen-bond donors (Lipinski definition) is 0. The van der Waals surface area contributed by atoms with Crippen molar-refractivity contribution in [2.24, 2.45) is 10.9 Å². The van der Waals surface area contributed by atoms with Crippen LogP contribution in [0.15, 0.2) is 75.0 Å². The number of esters is 1. The van der Waals surface area contributed by atoms with Gasteiger partial charge in [-0.05, 0) is 16.8 Å². The first-order valence-electron chi connectivity index (χ1n) is 10.2. The molecule has 0 saturated carbocycles. The van der Waals surface area contributed by atoms with Crippen LogP contribution in [0.5, 0.6) is 0 Å². The highest BCUT2D eigenvalue weighted by Gasteiger charge is 2.40. The molecule has 0 unspecified atom stereocenters. The lowest BCUT2D eigenvalue weighted by atomic mass is 9.92. The molecule has 2 aromatic rings. The van der Waals surface area contributed by atoms with Crippen LogP contribution in [0.4, 0.5) is 0 Å². The number of carbonyl (C=O) groups excluding carboxylic acids is 1. The van der Waals surface area contributed by atoms with E-state index < -0.39 is 8.07 Å². The number of hydrogen-bond acceptors (Lipinski definition) is 5. The molecule has 0 radical (unpaired) electrons. The summed E-state index contributed by atoms with van der Waals surface area (Å²) in [5, 5.41) is 2.20. The summed E-state index contributed by atoms with van der Waals surface area (Å²) < 4.78 is 17.6. The van der Waals surface area contributed by atoms with E-state index in [1.54, 1.807) is 7.11 Å². The molecule has 0 bridgehead atoms. The fraction of sp³-hybridized carbons (Fsp3) is 0.333. The standard InChI is InChI=1S/C24H28BrNO4Si/c1-16-22(18-13-9-10-14-19(18)25)26-24(29-3)30-23(16)20(15-21(27)28-2)31(4,5)17-11-7-6-8-12-17/h6-14,16,22H,15H2,1-5H3/b23-20-/t16-,22-/m0/s1. The summed E-state index contributed by atoms with van der Waals surface area (Å²) in [5.74, 6) is 0.375. The van der Waals surface area contributed by atoms with E-state index >= 15 is 0 Å². The molecule has 1 aliphatic rings. The minimum atomic E-state index is -2.27. The predicted octanol–water partition coefficient (Wildman–Crippen LogP) is 5.13. The molecule has 2 atom stereocenters. The average molecular weight is 502 g/mol. The predicted molar refractivity (Wildman–Crippen MR) is 129 cm³/mol. The van der Waals surface area contributed by atoms with Gasteiger partial charge >= 0.3 is 12.1 Å². The van der Waals surface area contributed by atoms with Crippen molar-refractivity contribution < 1.29 is 19.0 Å². The van der Waals surface area contributed by atoms with Crippen molar-refractivity contribution in [2.75, 3.05) is 14.2 Å². The normalized spacial score (nSPS) is 20.4. The van der Waals surface area contributed by atoms with E-state index in [1.807, 2.05) is 42.5 Å². The Hall–Kier alpha value is -2.38. The van der Waals surface area contributed by atoms with Crippen molar-refractivity contribution in [1.29, 1.82) is 0 Å². The lowest BCUT2D eigenvalue weighted by Gasteiger charge is -2.35. The summed E-state index contributed by atoms with van der Waals surface area (Å²) in [6.07, 6.45) is 0.373. The second-order valence-corrected chi connectivity index (χ2v) is 13.3. The third-order valence-corrected chi connectivity index (χ3v) is 10.3. The molecule has 1 aliphatic heterocycles. The second-order valence-electron chi connectivity index (χ2n) is 8.04. The van der Waals surface area contributed by atoms with Gasteiger partial charge in [-0.1, -0.05) is 89.7 Å². The van der Waals surface area contributed by atoms with Gasteiger partial charge in [0, 0.05) is 10.4 Å². The molecule has 7 heteroatoms. The van der Waals surface area contributed by atoms with Gasteiger partial charge in [-0.25, -0.2) is 4.99 Å². The van der Waals surface area contributed by atoms with Gasteiger partial charge in [-0.3, -0.25) is 4.79 Å². The Bertz CT molecular complexity index is 1000. The summed E-state index contributed by atoms with van der Waals surface area (Å²) in [5.41, 5.74) is 1.04. The van der Waals surface area contributed by atoms with Crippen LogP contribution in [0.3, 0.4) is 0 Å². The SMILES string of the molecule is COC(=O)C/C(=C1/OC(OC)=N[C@H](c2ccccc2Br)[C@@H]1C)[Si](C)(C)c1ccccc1. The van der Waals surface area contributed by atoms with Crippen molar-refractivity contribution in [3.05, 3.63) is 75.6 Å². The Kier molecular flexibility index (Phi) is 7.38. The number of rotatable bonds is 5. The molecule has 0 saturated heterocycles. The van der Waals surface area contributed by atoms with E-state index in [1.165, 1.54) is 12.3 Å². The van der Waals surface area contributed by atoms with Gasteiger partial charge in [0.1, 0.15) is 13.8 Å². The van der Waals surface area contributed by atoms with E-state index in [2.05, 4.69) is 48.1 Å². The summed E-state index contributed by atoms with van der Waals surface area (Å²) in [7, 11) is 0.688. The molecular formula is C24H28BrNO4Si. The fourth-order valence-electron chi connectivity index (χ4n) is 3.93. The van der Waals surface area contributed by atoms with Crippen LogP contribution in [0.25, 0.3) is 0 Å². The number of carbonyl (C=O) groups is 1. The third kappa shape index (κ3) is 4.93. The van der Waals surface area contributed by atoms with Crippen molar-refractivity contribution in [3.63, 3.8) is 0 Å². The lowest BCUT2D eigenvalue weighted by molar-refractivity contribution is -0.139. The topological polar surface area (TPSA) is 57.1 Å². The summed E-state index contributed by atoms with van der Waals surface area (Å²) in [4.78, 5) is 17.2. The monoisotopic (exact) mass is 501 g/mol. The number of halogens is 1. The largest absolute Gasteiger partial charge is 0.469 e. The van der Waals surface area contributed by atoms with Crippen LogP contribution >= 0.6 is 15.9 Å². The van der Waals surface area contributed by atoms with E-state index in [0.29, 0.717) is 0 Å². The van der Waals surface area contributed by atoms with Crippen molar-refractivity contribution in [2.45, 2.75) is 32.5 Å². The molecule has 1 heterocycles. The summed E-state index contributed by atoms with van der Waals surface area (Å²) in [6.45, 7) is 6.55.